The number of aryl methyl sites for hydroxylation is 1. The molecule has 1 amide bonds. The molecule has 2 heterocycles. The molecule has 1 N–H and O–H groups in total. The Balaban J connectivity index is 1.89. The minimum absolute atomic E-state index is 0.0935. The summed E-state index contributed by atoms with van der Waals surface area (Å²) in [5.41, 5.74) is 3.44. The monoisotopic (exact) mass is 387 g/mol. The summed E-state index contributed by atoms with van der Waals surface area (Å²) < 4.78 is 15.0. The van der Waals surface area contributed by atoms with E-state index >= 15 is 0 Å². The lowest BCUT2D eigenvalue weighted by Crippen LogP contribution is -2.15. The Hall–Kier alpha value is -2.31. The number of hydrogen-bond acceptors (Lipinski definition) is 3. The number of thioether (sulfide) groups is 1. The summed E-state index contributed by atoms with van der Waals surface area (Å²) in [4.78, 5) is 12.3. The third kappa shape index (κ3) is 3.10. The van der Waals surface area contributed by atoms with Crippen LogP contribution in [0.5, 0.6) is 0 Å². The van der Waals surface area contributed by atoms with Crippen LogP contribution in [0.15, 0.2) is 48.5 Å². The molecular weight excluding hydrogens is 373 g/mol. The van der Waals surface area contributed by atoms with Gasteiger partial charge in [-0.3, -0.25) is 4.79 Å². The summed E-state index contributed by atoms with van der Waals surface area (Å²) in [6.07, 6.45) is 0. The number of anilines is 1. The molecule has 0 spiro atoms. The Morgan fingerprint density at radius 2 is 2.04 bits per heavy atom. The normalized spacial score (nSPS) is 16.7. The van der Waals surface area contributed by atoms with E-state index in [1.807, 2.05) is 19.1 Å². The third-order valence-electron chi connectivity index (χ3n) is 4.23. The number of benzene rings is 2. The van der Waals surface area contributed by atoms with Gasteiger partial charge in [0.2, 0.25) is 5.91 Å². The highest BCUT2D eigenvalue weighted by molar-refractivity contribution is 8.00. The summed E-state index contributed by atoms with van der Waals surface area (Å²) >= 11 is 7.62. The van der Waals surface area contributed by atoms with Crippen LogP contribution in [0, 0.1) is 12.7 Å². The van der Waals surface area contributed by atoms with Gasteiger partial charge in [0.1, 0.15) is 11.6 Å². The van der Waals surface area contributed by atoms with Crippen molar-refractivity contribution in [3.63, 3.8) is 0 Å². The van der Waals surface area contributed by atoms with Crippen LogP contribution in [-0.2, 0) is 4.79 Å². The van der Waals surface area contributed by atoms with Gasteiger partial charge in [0.05, 0.1) is 22.4 Å². The van der Waals surface area contributed by atoms with Crippen molar-refractivity contribution in [1.29, 1.82) is 0 Å². The molecular formula is C19H15ClFN3OS. The lowest BCUT2D eigenvalue weighted by molar-refractivity contribution is -0.113. The summed E-state index contributed by atoms with van der Waals surface area (Å²) in [6.45, 7) is 1.91. The molecule has 1 atom stereocenters. The van der Waals surface area contributed by atoms with Gasteiger partial charge in [-0.1, -0.05) is 29.8 Å². The number of fused-ring (bicyclic) bond motifs is 1. The van der Waals surface area contributed by atoms with Crippen LogP contribution in [0.1, 0.15) is 22.1 Å². The van der Waals surface area contributed by atoms with Crippen molar-refractivity contribution < 1.29 is 9.18 Å². The van der Waals surface area contributed by atoms with E-state index in [9.17, 15) is 9.18 Å². The largest absolute Gasteiger partial charge is 0.310 e. The highest BCUT2D eigenvalue weighted by Gasteiger charge is 2.30. The molecule has 132 valence electrons. The fourth-order valence-corrected chi connectivity index (χ4v) is 4.45. The van der Waals surface area contributed by atoms with E-state index in [1.165, 1.54) is 23.9 Å². The van der Waals surface area contributed by atoms with Crippen molar-refractivity contribution in [2.45, 2.75) is 12.2 Å². The molecule has 0 unspecified atom stereocenters. The standard InChI is InChI=1S/C19H15ClFN3OS/c1-11-17-18(12-5-7-14(21)8-6-12)26-10-16(25)22-19(17)24(23-11)15-4-2-3-13(20)9-15/h2-9,18H,10H2,1H3,(H,22,25)/t18-/m0/s1. The Morgan fingerprint density at radius 1 is 1.27 bits per heavy atom. The minimum Gasteiger partial charge on any atom is -0.310 e. The second kappa shape index (κ2) is 6.78. The molecule has 1 aliphatic heterocycles. The minimum atomic E-state index is -0.284. The number of rotatable bonds is 2. The van der Waals surface area contributed by atoms with Gasteiger partial charge in [-0.2, -0.15) is 5.10 Å². The van der Waals surface area contributed by atoms with Crippen molar-refractivity contribution in [2.75, 3.05) is 11.1 Å². The third-order valence-corrected chi connectivity index (χ3v) is 5.74. The average molecular weight is 388 g/mol. The first-order valence-corrected chi connectivity index (χ1v) is 9.48. The van der Waals surface area contributed by atoms with E-state index in [0.717, 1.165) is 22.5 Å². The Bertz CT molecular complexity index is 987. The molecule has 2 aromatic carbocycles. The maximum atomic E-state index is 13.3. The highest BCUT2D eigenvalue weighted by Crippen LogP contribution is 2.43. The topological polar surface area (TPSA) is 46.9 Å². The van der Waals surface area contributed by atoms with E-state index in [-0.39, 0.29) is 17.0 Å². The first kappa shape index (κ1) is 17.1. The van der Waals surface area contributed by atoms with E-state index < -0.39 is 0 Å². The number of carbonyl (C=O) groups excluding carboxylic acids is 1. The number of halogens is 2. The van der Waals surface area contributed by atoms with Crippen LogP contribution in [0.3, 0.4) is 0 Å². The molecule has 1 aromatic heterocycles. The predicted octanol–water partition coefficient (Wildman–Crippen LogP) is 4.75. The van der Waals surface area contributed by atoms with Gasteiger partial charge in [-0.05, 0) is 42.8 Å². The van der Waals surface area contributed by atoms with Crippen molar-refractivity contribution in [3.05, 3.63) is 76.2 Å². The Labute approximate surface area is 159 Å². The fraction of sp³-hybridized carbons (Fsp3) is 0.158. The van der Waals surface area contributed by atoms with Crippen LogP contribution < -0.4 is 5.32 Å². The lowest BCUT2D eigenvalue weighted by atomic mass is 10.0. The van der Waals surface area contributed by atoms with Crippen LogP contribution in [0.2, 0.25) is 5.02 Å². The molecule has 0 aliphatic carbocycles. The Kier molecular flexibility index (Phi) is 4.46. The second-order valence-corrected chi connectivity index (χ2v) is 7.56. The zero-order valence-electron chi connectivity index (χ0n) is 13.9. The number of nitrogens with one attached hydrogen (secondary N) is 1. The van der Waals surface area contributed by atoms with Gasteiger partial charge < -0.3 is 5.32 Å². The number of amides is 1. The number of nitrogens with zero attached hydrogens (tertiary/aromatic N) is 2. The smallest absolute Gasteiger partial charge is 0.235 e. The summed E-state index contributed by atoms with van der Waals surface area (Å²) in [7, 11) is 0. The lowest BCUT2D eigenvalue weighted by Gasteiger charge is -2.15. The van der Waals surface area contributed by atoms with Gasteiger partial charge in [-0.25, -0.2) is 9.07 Å². The van der Waals surface area contributed by atoms with Gasteiger partial charge in [0.15, 0.2) is 0 Å². The summed E-state index contributed by atoms with van der Waals surface area (Å²) in [6, 6.07) is 13.7. The predicted molar refractivity (Wildman–Crippen MR) is 103 cm³/mol. The van der Waals surface area contributed by atoms with E-state index in [2.05, 4.69) is 10.4 Å². The summed E-state index contributed by atoms with van der Waals surface area (Å²) in [5, 5.41) is 8.07. The molecule has 0 radical (unpaired) electrons. The molecule has 0 saturated carbocycles. The van der Waals surface area contributed by atoms with Gasteiger partial charge >= 0.3 is 0 Å². The maximum absolute atomic E-state index is 13.3. The van der Waals surface area contributed by atoms with Crippen molar-refractivity contribution in [1.82, 2.24) is 9.78 Å². The molecule has 0 bridgehead atoms. The van der Waals surface area contributed by atoms with Crippen molar-refractivity contribution in [3.8, 4) is 5.69 Å². The van der Waals surface area contributed by atoms with Crippen LogP contribution in [-0.4, -0.2) is 21.4 Å². The fourth-order valence-electron chi connectivity index (χ4n) is 3.08. The second-order valence-electron chi connectivity index (χ2n) is 6.03. The maximum Gasteiger partial charge on any atom is 0.235 e. The molecule has 26 heavy (non-hydrogen) atoms. The summed E-state index contributed by atoms with van der Waals surface area (Å²) in [5.74, 6) is 0.567. The van der Waals surface area contributed by atoms with Crippen molar-refractivity contribution in [2.24, 2.45) is 0 Å². The highest BCUT2D eigenvalue weighted by atomic mass is 35.5. The SMILES string of the molecule is Cc1nn(-c2cccc(Cl)c2)c2c1[C@H](c1ccc(F)cc1)SCC(=O)N2. The van der Waals surface area contributed by atoms with Crippen molar-refractivity contribution >= 4 is 35.1 Å². The molecule has 4 rings (SSSR count). The van der Waals surface area contributed by atoms with E-state index in [1.54, 1.807) is 28.9 Å². The van der Waals surface area contributed by atoms with Gasteiger partial charge in [0.25, 0.3) is 0 Å². The molecule has 0 saturated heterocycles. The average Bonchev–Trinajstić information content (AvgIpc) is 2.82. The molecule has 7 heteroatoms. The van der Waals surface area contributed by atoms with Crippen LogP contribution in [0.25, 0.3) is 5.69 Å². The first-order chi connectivity index (χ1) is 12.5. The zero-order valence-corrected chi connectivity index (χ0v) is 15.4. The molecule has 1 aliphatic rings. The molecule has 0 fully saturated rings. The number of hydrogen-bond donors (Lipinski definition) is 1. The van der Waals surface area contributed by atoms with Gasteiger partial charge in [0, 0.05) is 10.6 Å². The number of aromatic nitrogens is 2. The molecule has 3 aromatic rings. The Morgan fingerprint density at radius 3 is 2.77 bits per heavy atom. The van der Waals surface area contributed by atoms with E-state index in [4.69, 9.17) is 11.6 Å². The first-order valence-electron chi connectivity index (χ1n) is 8.05. The van der Waals surface area contributed by atoms with Gasteiger partial charge in [-0.15, -0.1) is 11.8 Å². The van der Waals surface area contributed by atoms with E-state index in [0.29, 0.717) is 16.6 Å². The number of carbonyl (C=O) groups is 1. The zero-order chi connectivity index (χ0) is 18.3. The quantitative estimate of drug-likeness (QED) is 0.690. The van der Waals surface area contributed by atoms with Crippen LogP contribution >= 0.6 is 23.4 Å². The van der Waals surface area contributed by atoms with Crippen LogP contribution in [0.4, 0.5) is 10.2 Å². The molecule has 4 nitrogen and oxygen atoms in total.